The minimum absolute atomic E-state index is 0.313. The first-order valence-corrected chi connectivity index (χ1v) is 8.56. The number of carbonyl (C=O) groups excluding carboxylic acids is 1. The molecule has 1 N–H and O–H groups in total. The Morgan fingerprint density at radius 3 is 2.74 bits per heavy atom. The monoisotopic (exact) mass is 350 g/mol. The van der Waals surface area contributed by atoms with Gasteiger partial charge in [0, 0.05) is 5.38 Å². The highest BCUT2D eigenvalue weighted by Crippen LogP contribution is 2.28. The number of aromatic nitrogens is 1. The molecule has 2 heterocycles. The van der Waals surface area contributed by atoms with Crippen LogP contribution in [-0.4, -0.2) is 10.9 Å². The Bertz CT molecular complexity index is 830. The summed E-state index contributed by atoms with van der Waals surface area (Å²) >= 11 is 2.95. The Hall–Kier alpha value is -2.12. The van der Waals surface area contributed by atoms with Crippen LogP contribution in [0.4, 0.5) is 8.78 Å². The fraction of sp³-hybridized carbons (Fsp3) is 0.125. The average Bonchev–Trinajstić information content (AvgIpc) is 3.20. The van der Waals surface area contributed by atoms with E-state index in [1.807, 2.05) is 17.5 Å². The van der Waals surface area contributed by atoms with E-state index in [9.17, 15) is 13.6 Å². The third kappa shape index (κ3) is 3.46. The fourth-order valence-electron chi connectivity index (χ4n) is 2.03. The lowest BCUT2D eigenvalue weighted by atomic mass is 10.1. The van der Waals surface area contributed by atoms with E-state index in [1.54, 1.807) is 23.6 Å². The molecular weight excluding hydrogens is 338 g/mol. The molecule has 0 spiro atoms. The van der Waals surface area contributed by atoms with Gasteiger partial charge in [0.2, 0.25) is 0 Å². The van der Waals surface area contributed by atoms with E-state index < -0.39 is 17.7 Å². The number of halogens is 2. The zero-order valence-corrected chi connectivity index (χ0v) is 13.7. The standard InChI is InChI=1S/C16H12F2N2OS2/c1-9(10-4-5-11(17)12(18)7-10)19-15(21)13-8-23-16(20-13)14-3-2-6-22-14/h2-9H,1H3,(H,19,21). The van der Waals surface area contributed by atoms with Gasteiger partial charge in [-0.2, -0.15) is 0 Å². The summed E-state index contributed by atoms with van der Waals surface area (Å²) in [4.78, 5) is 17.5. The maximum absolute atomic E-state index is 13.3. The normalized spacial score (nSPS) is 12.1. The number of amides is 1. The van der Waals surface area contributed by atoms with Crippen molar-refractivity contribution in [1.29, 1.82) is 0 Å². The first-order chi connectivity index (χ1) is 11.0. The second-order valence-corrected chi connectivity index (χ2v) is 6.69. The summed E-state index contributed by atoms with van der Waals surface area (Å²) < 4.78 is 26.2. The van der Waals surface area contributed by atoms with Crippen LogP contribution in [0.1, 0.15) is 29.0 Å². The number of thiazole rings is 1. The van der Waals surface area contributed by atoms with E-state index >= 15 is 0 Å². The summed E-state index contributed by atoms with van der Waals surface area (Å²) in [7, 11) is 0. The largest absolute Gasteiger partial charge is 0.344 e. The Morgan fingerprint density at radius 2 is 2.04 bits per heavy atom. The molecule has 3 nitrogen and oxygen atoms in total. The fourth-order valence-corrected chi connectivity index (χ4v) is 3.64. The SMILES string of the molecule is CC(NC(=O)c1csc(-c2cccs2)n1)c1ccc(F)c(F)c1. The molecule has 1 atom stereocenters. The van der Waals surface area contributed by atoms with Crippen molar-refractivity contribution in [1.82, 2.24) is 10.3 Å². The minimum Gasteiger partial charge on any atom is -0.344 e. The van der Waals surface area contributed by atoms with Gasteiger partial charge in [0.25, 0.3) is 5.91 Å². The zero-order chi connectivity index (χ0) is 16.4. The molecule has 0 radical (unpaired) electrons. The van der Waals surface area contributed by atoms with Gasteiger partial charge in [0.15, 0.2) is 11.6 Å². The Labute approximate surface area is 139 Å². The van der Waals surface area contributed by atoms with Crippen LogP contribution in [0.5, 0.6) is 0 Å². The van der Waals surface area contributed by atoms with E-state index in [4.69, 9.17) is 0 Å². The highest BCUT2D eigenvalue weighted by molar-refractivity contribution is 7.20. The van der Waals surface area contributed by atoms with Gasteiger partial charge in [0.1, 0.15) is 10.7 Å². The lowest BCUT2D eigenvalue weighted by Gasteiger charge is -2.13. The molecule has 7 heteroatoms. The van der Waals surface area contributed by atoms with Crippen LogP contribution in [0.3, 0.4) is 0 Å². The van der Waals surface area contributed by atoms with Crippen LogP contribution in [0.2, 0.25) is 0 Å². The lowest BCUT2D eigenvalue weighted by molar-refractivity contribution is 0.0935. The Kier molecular flexibility index (Phi) is 4.49. The van der Waals surface area contributed by atoms with Gasteiger partial charge in [-0.1, -0.05) is 12.1 Å². The zero-order valence-electron chi connectivity index (χ0n) is 12.0. The Morgan fingerprint density at radius 1 is 1.22 bits per heavy atom. The molecule has 0 aliphatic heterocycles. The molecule has 0 saturated heterocycles. The molecule has 1 aromatic carbocycles. The minimum atomic E-state index is -0.933. The van der Waals surface area contributed by atoms with Crippen LogP contribution < -0.4 is 5.32 Å². The molecule has 3 rings (SSSR count). The third-order valence-electron chi connectivity index (χ3n) is 3.26. The number of hydrogen-bond acceptors (Lipinski definition) is 4. The molecule has 1 unspecified atom stereocenters. The molecule has 2 aromatic heterocycles. The van der Waals surface area contributed by atoms with Crippen molar-refractivity contribution >= 4 is 28.6 Å². The van der Waals surface area contributed by atoms with Gasteiger partial charge in [-0.15, -0.1) is 22.7 Å². The van der Waals surface area contributed by atoms with Crippen molar-refractivity contribution in [2.24, 2.45) is 0 Å². The summed E-state index contributed by atoms with van der Waals surface area (Å²) in [6.07, 6.45) is 0. The molecule has 118 valence electrons. The summed E-state index contributed by atoms with van der Waals surface area (Å²) in [5.74, 6) is -2.19. The summed E-state index contributed by atoms with van der Waals surface area (Å²) in [5, 5.41) is 7.15. The molecular formula is C16H12F2N2OS2. The predicted molar refractivity (Wildman–Crippen MR) is 87.7 cm³/mol. The number of nitrogens with zero attached hydrogens (tertiary/aromatic N) is 1. The van der Waals surface area contributed by atoms with Crippen LogP contribution in [0.25, 0.3) is 9.88 Å². The number of thiophene rings is 1. The highest BCUT2D eigenvalue weighted by Gasteiger charge is 2.16. The number of hydrogen-bond donors (Lipinski definition) is 1. The van der Waals surface area contributed by atoms with Crippen LogP contribution >= 0.6 is 22.7 Å². The summed E-state index contributed by atoms with van der Waals surface area (Å²) in [6.45, 7) is 1.71. The van der Waals surface area contributed by atoms with Crippen molar-refractivity contribution in [3.63, 3.8) is 0 Å². The van der Waals surface area contributed by atoms with E-state index in [0.29, 0.717) is 11.3 Å². The number of benzene rings is 1. The van der Waals surface area contributed by atoms with Gasteiger partial charge in [-0.25, -0.2) is 13.8 Å². The number of rotatable bonds is 4. The van der Waals surface area contributed by atoms with Crippen molar-refractivity contribution in [3.8, 4) is 9.88 Å². The van der Waals surface area contributed by atoms with Crippen molar-refractivity contribution in [3.05, 3.63) is 64.0 Å². The van der Waals surface area contributed by atoms with E-state index in [1.165, 1.54) is 17.4 Å². The quantitative estimate of drug-likeness (QED) is 0.745. The Balaban J connectivity index is 1.72. The highest BCUT2D eigenvalue weighted by atomic mass is 32.1. The molecule has 0 fully saturated rings. The maximum atomic E-state index is 13.3. The van der Waals surface area contributed by atoms with Gasteiger partial charge in [-0.3, -0.25) is 4.79 Å². The van der Waals surface area contributed by atoms with Gasteiger partial charge >= 0.3 is 0 Å². The van der Waals surface area contributed by atoms with Crippen molar-refractivity contribution < 1.29 is 13.6 Å². The molecule has 0 aliphatic carbocycles. The first-order valence-electron chi connectivity index (χ1n) is 6.80. The average molecular weight is 350 g/mol. The molecule has 23 heavy (non-hydrogen) atoms. The van der Waals surface area contributed by atoms with Crippen molar-refractivity contribution in [2.75, 3.05) is 0 Å². The summed E-state index contributed by atoms with van der Waals surface area (Å²) in [5.41, 5.74) is 0.804. The molecule has 0 bridgehead atoms. The molecule has 3 aromatic rings. The van der Waals surface area contributed by atoms with Gasteiger partial charge in [0.05, 0.1) is 10.9 Å². The topological polar surface area (TPSA) is 42.0 Å². The first kappa shape index (κ1) is 15.8. The summed E-state index contributed by atoms with van der Waals surface area (Å²) in [6, 6.07) is 6.98. The van der Waals surface area contributed by atoms with E-state index in [2.05, 4.69) is 10.3 Å². The molecule has 0 saturated carbocycles. The van der Waals surface area contributed by atoms with Crippen LogP contribution in [0.15, 0.2) is 41.1 Å². The molecule has 0 aliphatic rings. The van der Waals surface area contributed by atoms with Crippen LogP contribution in [0, 0.1) is 11.6 Å². The van der Waals surface area contributed by atoms with E-state index in [-0.39, 0.29) is 5.91 Å². The third-order valence-corrected chi connectivity index (χ3v) is 5.14. The second kappa shape index (κ2) is 6.55. The predicted octanol–water partition coefficient (Wildman–Crippen LogP) is 4.64. The van der Waals surface area contributed by atoms with Gasteiger partial charge in [-0.05, 0) is 36.1 Å². The smallest absolute Gasteiger partial charge is 0.271 e. The number of nitrogens with one attached hydrogen (secondary N) is 1. The number of carbonyl (C=O) groups is 1. The van der Waals surface area contributed by atoms with Crippen molar-refractivity contribution in [2.45, 2.75) is 13.0 Å². The lowest BCUT2D eigenvalue weighted by Crippen LogP contribution is -2.27. The van der Waals surface area contributed by atoms with Gasteiger partial charge < -0.3 is 5.32 Å². The second-order valence-electron chi connectivity index (χ2n) is 4.88. The maximum Gasteiger partial charge on any atom is 0.271 e. The van der Waals surface area contributed by atoms with E-state index in [0.717, 1.165) is 22.0 Å². The van der Waals surface area contributed by atoms with Crippen LogP contribution in [-0.2, 0) is 0 Å². The molecule has 1 amide bonds.